The zero-order chi connectivity index (χ0) is 14.9. The fraction of sp³-hybridized carbons (Fsp3) is 0.308. The van der Waals surface area contributed by atoms with E-state index in [2.05, 4.69) is 5.10 Å². The van der Waals surface area contributed by atoms with Gasteiger partial charge in [0.1, 0.15) is 5.15 Å². The number of aryl methyl sites for hydroxylation is 1. The third-order valence-electron chi connectivity index (χ3n) is 2.86. The van der Waals surface area contributed by atoms with Crippen molar-refractivity contribution in [3.63, 3.8) is 0 Å². The maximum absolute atomic E-state index is 13.2. The van der Waals surface area contributed by atoms with Gasteiger partial charge in [-0.05, 0) is 6.42 Å². The molecule has 0 spiro atoms. The molecule has 1 N–H and O–H groups in total. The minimum atomic E-state index is -1.55. The molecule has 3 nitrogen and oxygen atoms in total. The molecule has 0 amide bonds. The second-order valence-corrected chi connectivity index (χ2v) is 4.62. The van der Waals surface area contributed by atoms with Crippen LogP contribution in [0.25, 0.3) is 5.69 Å². The fourth-order valence-electron chi connectivity index (χ4n) is 1.90. The Bertz CT molecular complexity index is 620. The van der Waals surface area contributed by atoms with Crippen LogP contribution in [0.5, 0.6) is 0 Å². The van der Waals surface area contributed by atoms with E-state index in [1.165, 1.54) is 0 Å². The number of aliphatic hydroxyl groups is 1. The van der Waals surface area contributed by atoms with Gasteiger partial charge in [-0.2, -0.15) is 5.10 Å². The summed E-state index contributed by atoms with van der Waals surface area (Å²) in [5, 5.41) is 13.5. The van der Waals surface area contributed by atoms with Gasteiger partial charge in [0.15, 0.2) is 17.5 Å². The lowest BCUT2D eigenvalue weighted by Gasteiger charge is -2.05. The number of halogens is 4. The average molecular weight is 305 g/mol. The average Bonchev–Trinajstić information content (AvgIpc) is 2.72. The Morgan fingerprint density at radius 1 is 1.25 bits per heavy atom. The first-order chi connectivity index (χ1) is 9.49. The highest BCUT2D eigenvalue weighted by Crippen LogP contribution is 2.26. The Morgan fingerprint density at radius 3 is 2.35 bits per heavy atom. The van der Waals surface area contributed by atoms with Gasteiger partial charge in [0.25, 0.3) is 0 Å². The van der Waals surface area contributed by atoms with Crippen LogP contribution in [0.15, 0.2) is 12.1 Å². The highest BCUT2D eigenvalue weighted by molar-refractivity contribution is 6.30. The minimum Gasteiger partial charge on any atom is -0.391 e. The van der Waals surface area contributed by atoms with Gasteiger partial charge in [-0.1, -0.05) is 24.9 Å². The quantitative estimate of drug-likeness (QED) is 0.879. The predicted molar refractivity (Wildman–Crippen MR) is 68.4 cm³/mol. The van der Waals surface area contributed by atoms with E-state index in [1.807, 2.05) is 6.92 Å². The summed E-state index contributed by atoms with van der Waals surface area (Å²) >= 11 is 6.05. The maximum atomic E-state index is 13.2. The van der Waals surface area contributed by atoms with Crippen molar-refractivity contribution in [3.05, 3.63) is 46.0 Å². The molecular formula is C13H12ClF3N2O. The third kappa shape index (κ3) is 2.53. The molecule has 2 rings (SSSR count). The van der Waals surface area contributed by atoms with E-state index < -0.39 is 17.5 Å². The van der Waals surface area contributed by atoms with Crippen LogP contribution in [-0.2, 0) is 13.0 Å². The monoisotopic (exact) mass is 304 g/mol. The van der Waals surface area contributed by atoms with Crippen LogP contribution in [-0.4, -0.2) is 14.9 Å². The topological polar surface area (TPSA) is 38.0 Å². The Hall–Kier alpha value is -1.53. The molecule has 0 aliphatic rings. The van der Waals surface area contributed by atoms with Gasteiger partial charge in [0, 0.05) is 17.7 Å². The first-order valence-corrected chi connectivity index (χ1v) is 6.39. The first-order valence-electron chi connectivity index (χ1n) is 6.01. The van der Waals surface area contributed by atoms with E-state index in [1.54, 1.807) is 0 Å². The standard InChI is InChI=1S/C13H12ClF3N2O/c1-2-3-11-8(6-20)13(14)19(18-11)7-4-9(15)12(17)10(16)5-7/h4-5,20H,2-3,6H2,1H3. The SMILES string of the molecule is CCCc1nn(-c2cc(F)c(F)c(F)c2)c(Cl)c1CO. The molecule has 0 bridgehead atoms. The van der Waals surface area contributed by atoms with Gasteiger partial charge in [-0.3, -0.25) is 0 Å². The Kier molecular flexibility index (Phi) is 4.35. The molecule has 0 aliphatic heterocycles. The van der Waals surface area contributed by atoms with E-state index in [0.29, 0.717) is 17.7 Å². The van der Waals surface area contributed by atoms with Gasteiger partial charge in [0.2, 0.25) is 0 Å². The van der Waals surface area contributed by atoms with Gasteiger partial charge in [-0.25, -0.2) is 17.9 Å². The van der Waals surface area contributed by atoms with Crippen LogP contribution in [0, 0.1) is 17.5 Å². The largest absolute Gasteiger partial charge is 0.391 e. The summed E-state index contributed by atoms with van der Waals surface area (Å²) in [6.07, 6.45) is 1.33. The Morgan fingerprint density at radius 2 is 1.85 bits per heavy atom. The summed E-state index contributed by atoms with van der Waals surface area (Å²) < 4.78 is 40.5. The van der Waals surface area contributed by atoms with Crippen molar-refractivity contribution < 1.29 is 18.3 Å². The molecule has 7 heteroatoms. The Balaban J connectivity index is 2.58. The van der Waals surface area contributed by atoms with Crippen molar-refractivity contribution >= 4 is 11.6 Å². The summed E-state index contributed by atoms with van der Waals surface area (Å²) in [6.45, 7) is 1.59. The number of aliphatic hydroxyl groups excluding tert-OH is 1. The van der Waals surface area contributed by atoms with E-state index >= 15 is 0 Å². The maximum Gasteiger partial charge on any atom is 0.194 e. The van der Waals surface area contributed by atoms with Gasteiger partial charge in [-0.15, -0.1) is 0 Å². The number of aromatic nitrogens is 2. The van der Waals surface area contributed by atoms with Crippen molar-refractivity contribution in [3.8, 4) is 5.69 Å². The highest BCUT2D eigenvalue weighted by Gasteiger charge is 2.19. The lowest BCUT2D eigenvalue weighted by atomic mass is 10.2. The second kappa shape index (κ2) is 5.85. The smallest absolute Gasteiger partial charge is 0.194 e. The van der Waals surface area contributed by atoms with Gasteiger partial charge >= 0.3 is 0 Å². The molecule has 2 aromatic rings. The van der Waals surface area contributed by atoms with Gasteiger partial charge < -0.3 is 5.11 Å². The Labute approximate surface area is 118 Å². The normalized spacial score (nSPS) is 11.1. The highest BCUT2D eigenvalue weighted by atomic mass is 35.5. The van der Waals surface area contributed by atoms with Crippen LogP contribution in [0.1, 0.15) is 24.6 Å². The lowest BCUT2D eigenvalue weighted by molar-refractivity contribution is 0.280. The molecule has 1 aromatic heterocycles. The van der Waals surface area contributed by atoms with E-state index in [9.17, 15) is 18.3 Å². The first kappa shape index (κ1) is 14.9. The van der Waals surface area contributed by atoms with E-state index in [-0.39, 0.29) is 17.4 Å². The molecule has 0 unspecified atom stereocenters. The van der Waals surface area contributed by atoms with Crippen LogP contribution in [0.4, 0.5) is 13.2 Å². The fourth-order valence-corrected chi connectivity index (χ4v) is 2.21. The number of nitrogens with zero attached hydrogens (tertiary/aromatic N) is 2. The predicted octanol–water partition coefficient (Wildman–Crippen LogP) is 3.39. The molecule has 0 saturated carbocycles. The summed E-state index contributed by atoms with van der Waals surface area (Å²) in [6, 6.07) is 1.60. The zero-order valence-electron chi connectivity index (χ0n) is 10.6. The number of hydrogen-bond acceptors (Lipinski definition) is 2. The molecule has 1 heterocycles. The lowest BCUT2D eigenvalue weighted by Crippen LogP contribution is -2.01. The van der Waals surface area contributed by atoms with Gasteiger partial charge in [0.05, 0.1) is 18.0 Å². The summed E-state index contributed by atoms with van der Waals surface area (Å²) in [4.78, 5) is 0. The van der Waals surface area contributed by atoms with Crippen molar-refractivity contribution in [1.29, 1.82) is 0 Å². The van der Waals surface area contributed by atoms with Crippen molar-refractivity contribution in [2.45, 2.75) is 26.4 Å². The molecule has 1 aromatic carbocycles. The molecule has 20 heavy (non-hydrogen) atoms. The molecular weight excluding hydrogens is 293 g/mol. The number of benzene rings is 1. The molecule has 0 atom stereocenters. The number of rotatable bonds is 4. The summed E-state index contributed by atoms with van der Waals surface area (Å²) in [7, 11) is 0. The molecule has 0 saturated heterocycles. The van der Waals surface area contributed by atoms with Crippen LogP contribution < -0.4 is 0 Å². The van der Waals surface area contributed by atoms with E-state index in [4.69, 9.17) is 11.6 Å². The summed E-state index contributed by atoms with van der Waals surface area (Å²) in [5.41, 5.74) is 0.909. The second-order valence-electron chi connectivity index (χ2n) is 4.26. The third-order valence-corrected chi connectivity index (χ3v) is 3.25. The molecule has 0 aliphatic carbocycles. The van der Waals surface area contributed by atoms with Crippen molar-refractivity contribution in [2.75, 3.05) is 0 Å². The van der Waals surface area contributed by atoms with Crippen LogP contribution >= 0.6 is 11.6 Å². The summed E-state index contributed by atoms with van der Waals surface area (Å²) in [5.74, 6) is -4.20. The molecule has 0 radical (unpaired) electrons. The van der Waals surface area contributed by atoms with Crippen molar-refractivity contribution in [1.82, 2.24) is 9.78 Å². The molecule has 0 fully saturated rings. The molecule has 108 valence electrons. The van der Waals surface area contributed by atoms with Crippen LogP contribution in [0.3, 0.4) is 0 Å². The number of hydrogen-bond donors (Lipinski definition) is 1. The van der Waals surface area contributed by atoms with Crippen LogP contribution in [0.2, 0.25) is 5.15 Å². The van der Waals surface area contributed by atoms with E-state index in [0.717, 1.165) is 23.2 Å². The minimum absolute atomic E-state index is 0.0385. The zero-order valence-corrected chi connectivity index (χ0v) is 11.4. The van der Waals surface area contributed by atoms with Crippen molar-refractivity contribution in [2.24, 2.45) is 0 Å².